The van der Waals surface area contributed by atoms with Crippen LogP contribution in [0.5, 0.6) is 0 Å². The lowest BCUT2D eigenvalue weighted by molar-refractivity contribution is 0.167. The summed E-state index contributed by atoms with van der Waals surface area (Å²) in [5.74, 6) is 0.299. The summed E-state index contributed by atoms with van der Waals surface area (Å²) in [5, 5.41) is 15.9. The van der Waals surface area contributed by atoms with Gasteiger partial charge in [0.25, 0.3) is 0 Å². The van der Waals surface area contributed by atoms with Crippen LogP contribution in [0, 0.1) is 0 Å². The first-order chi connectivity index (χ1) is 7.05. The van der Waals surface area contributed by atoms with E-state index in [1.165, 1.54) is 0 Å². The Bertz CT molecular complexity index is 372. The predicted molar refractivity (Wildman–Crippen MR) is 57.1 cm³/mol. The fourth-order valence-corrected chi connectivity index (χ4v) is 2.15. The summed E-state index contributed by atoms with van der Waals surface area (Å²) < 4.78 is 22.3. The molecule has 86 valence electrons. The van der Waals surface area contributed by atoms with Crippen molar-refractivity contribution in [3.63, 3.8) is 0 Å². The number of aliphatic hydroxyl groups is 1. The third-order valence-electron chi connectivity index (χ3n) is 2.28. The number of sulfone groups is 1. The quantitative estimate of drug-likeness (QED) is 0.754. The lowest BCUT2D eigenvalue weighted by Gasteiger charge is -2.07. The molecule has 1 aromatic heterocycles. The van der Waals surface area contributed by atoms with Crippen molar-refractivity contribution in [2.75, 3.05) is 11.5 Å². The van der Waals surface area contributed by atoms with Crippen molar-refractivity contribution >= 4 is 9.84 Å². The second kappa shape index (κ2) is 5.27. The van der Waals surface area contributed by atoms with Crippen molar-refractivity contribution < 1.29 is 13.5 Å². The number of aromatic amines is 1. The maximum Gasteiger partial charge on any atom is 0.150 e. The number of nitrogens with zero attached hydrogens (tertiary/aromatic N) is 1. The SMILES string of the molecule is CCS(=O)(=O)CCCC(O)c1cn[nH]c1. The second-order valence-electron chi connectivity index (χ2n) is 3.43. The van der Waals surface area contributed by atoms with Crippen molar-refractivity contribution in [2.24, 2.45) is 0 Å². The van der Waals surface area contributed by atoms with Gasteiger partial charge in [-0.15, -0.1) is 0 Å². The van der Waals surface area contributed by atoms with Crippen LogP contribution in [-0.4, -0.2) is 35.2 Å². The summed E-state index contributed by atoms with van der Waals surface area (Å²) in [5.41, 5.74) is 0.698. The molecule has 0 saturated heterocycles. The minimum absolute atomic E-state index is 0.137. The Morgan fingerprint density at radius 1 is 1.60 bits per heavy atom. The Balaban J connectivity index is 2.33. The number of hydrogen-bond donors (Lipinski definition) is 2. The third-order valence-corrected chi connectivity index (χ3v) is 4.07. The molecule has 6 heteroatoms. The highest BCUT2D eigenvalue weighted by Crippen LogP contribution is 2.16. The van der Waals surface area contributed by atoms with E-state index in [2.05, 4.69) is 10.2 Å². The van der Waals surface area contributed by atoms with Gasteiger partial charge in [0.05, 0.1) is 18.1 Å². The van der Waals surface area contributed by atoms with Crippen molar-refractivity contribution in [1.29, 1.82) is 0 Å². The molecule has 0 spiro atoms. The first-order valence-electron chi connectivity index (χ1n) is 4.92. The highest BCUT2D eigenvalue weighted by Gasteiger charge is 2.11. The van der Waals surface area contributed by atoms with E-state index in [4.69, 9.17) is 0 Å². The van der Waals surface area contributed by atoms with E-state index in [0.717, 1.165) is 0 Å². The van der Waals surface area contributed by atoms with Crippen LogP contribution in [0.15, 0.2) is 12.4 Å². The van der Waals surface area contributed by atoms with Crippen molar-refractivity contribution in [1.82, 2.24) is 10.2 Å². The molecule has 1 heterocycles. The summed E-state index contributed by atoms with van der Waals surface area (Å²) in [6.45, 7) is 1.63. The zero-order chi connectivity index (χ0) is 11.3. The Kier molecular flexibility index (Phi) is 4.28. The van der Waals surface area contributed by atoms with Gasteiger partial charge in [0.2, 0.25) is 0 Å². The van der Waals surface area contributed by atoms with Crippen LogP contribution in [0.3, 0.4) is 0 Å². The largest absolute Gasteiger partial charge is 0.388 e. The van der Waals surface area contributed by atoms with Gasteiger partial charge in [0, 0.05) is 17.5 Å². The van der Waals surface area contributed by atoms with Gasteiger partial charge < -0.3 is 5.11 Å². The van der Waals surface area contributed by atoms with Gasteiger partial charge >= 0.3 is 0 Å². The molecule has 0 aliphatic heterocycles. The molecule has 0 bridgehead atoms. The standard InChI is InChI=1S/C9H16N2O3S/c1-2-15(13,14)5-3-4-9(12)8-6-10-11-7-8/h6-7,9,12H,2-5H2,1H3,(H,10,11). The molecule has 1 rings (SSSR count). The van der Waals surface area contributed by atoms with E-state index >= 15 is 0 Å². The van der Waals surface area contributed by atoms with Gasteiger partial charge in [0.1, 0.15) is 9.84 Å². The van der Waals surface area contributed by atoms with Gasteiger partial charge in [-0.25, -0.2) is 8.42 Å². The summed E-state index contributed by atoms with van der Waals surface area (Å²) in [7, 11) is -2.92. The maximum absolute atomic E-state index is 11.2. The Morgan fingerprint density at radius 3 is 2.87 bits per heavy atom. The van der Waals surface area contributed by atoms with Crippen molar-refractivity contribution in [3.05, 3.63) is 18.0 Å². The average Bonchev–Trinajstić information content (AvgIpc) is 2.70. The number of rotatable bonds is 6. The molecule has 0 aliphatic rings. The smallest absolute Gasteiger partial charge is 0.150 e. The summed E-state index contributed by atoms with van der Waals surface area (Å²) >= 11 is 0. The molecule has 0 saturated carbocycles. The molecule has 15 heavy (non-hydrogen) atoms. The highest BCUT2D eigenvalue weighted by molar-refractivity contribution is 7.91. The summed E-state index contributed by atoms with van der Waals surface area (Å²) in [6.07, 6.45) is 3.44. The van der Waals surface area contributed by atoms with Gasteiger partial charge in [-0.3, -0.25) is 5.10 Å². The van der Waals surface area contributed by atoms with Crippen LogP contribution in [-0.2, 0) is 9.84 Å². The van der Waals surface area contributed by atoms with Gasteiger partial charge in [-0.2, -0.15) is 5.10 Å². The van der Waals surface area contributed by atoms with Crippen LogP contribution < -0.4 is 0 Å². The summed E-state index contributed by atoms with van der Waals surface area (Å²) in [4.78, 5) is 0. The van der Waals surface area contributed by atoms with E-state index in [0.29, 0.717) is 18.4 Å². The van der Waals surface area contributed by atoms with Crippen molar-refractivity contribution in [2.45, 2.75) is 25.9 Å². The molecule has 0 radical (unpaired) electrons. The fourth-order valence-electron chi connectivity index (χ4n) is 1.25. The number of aliphatic hydroxyl groups excluding tert-OH is 1. The Morgan fingerprint density at radius 2 is 2.33 bits per heavy atom. The first-order valence-corrected chi connectivity index (χ1v) is 6.74. The van der Waals surface area contributed by atoms with E-state index in [9.17, 15) is 13.5 Å². The minimum atomic E-state index is -2.92. The zero-order valence-corrected chi connectivity index (χ0v) is 9.50. The average molecular weight is 232 g/mol. The summed E-state index contributed by atoms with van der Waals surface area (Å²) in [6, 6.07) is 0. The Labute approximate surface area is 89.4 Å². The van der Waals surface area contributed by atoms with Crippen LogP contribution >= 0.6 is 0 Å². The van der Waals surface area contributed by atoms with Crippen LogP contribution in [0.4, 0.5) is 0 Å². The van der Waals surface area contributed by atoms with Gasteiger partial charge in [-0.1, -0.05) is 6.92 Å². The molecular weight excluding hydrogens is 216 g/mol. The molecule has 5 nitrogen and oxygen atoms in total. The minimum Gasteiger partial charge on any atom is -0.388 e. The number of hydrogen-bond acceptors (Lipinski definition) is 4. The van der Waals surface area contributed by atoms with Crippen LogP contribution in [0.1, 0.15) is 31.4 Å². The van der Waals surface area contributed by atoms with Gasteiger partial charge in [-0.05, 0) is 12.8 Å². The second-order valence-corrected chi connectivity index (χ2v) is 5.90. The zero-order valence-electron chi connectivity index (χ0n) is 8.68. The van der Waals surface area contributed by atoms with Gasteiger partial charge in [0.15, 0.2) is 0 Å². The Hall–Kier alpha value is -0.880. The van der Waals surface area contributed by atoms with E-state index in [1.807, 2.05) is 0 Å². The molecule has 0 aliphatic carbocycles. The number of H-pyrrole nitrogens is 1. The van der Waals surface area contributed by atoms with E-state index in [-0.39, 0.29) is 11.5 Å². The molecule has 1 aromatic rings. The number of nitrogens with one attached hydrogen (secondary N) is 1. The normalized spacial score (nSPS) is 14.0. The maximum atomic E-state index is 11.2. The van der Waals surface area contributed by atoms with Crippen molar-refractivity contribution in [3.8, 4) is 0 Å². The first kappa shape index (κ1) is 12.2. The fraction of sp³-hybridized carbons (Fsp3) is 0.667. The highest BCUT2D eigenvalue weighted by atomic mass is 32.2. The molecular formula is C9H16N2O3S. The van der Waals surface area contributed by atoms with E-state index < -0.39 is 15.9 Å². The molecule has 1 unspecified atom stereocenters. The lowest BCUT2D eigenvalue weighted by Crippen LogP contribution is -2.09. The number of aromatic nitrogens is 2. The molecule has 1 atom stereocenters. The molecule has 0 aromatic carbocycles. The predicted octanol–water partition coefficient (Wildman–Crippen LogP) is 0.658. The topological polar surface area (TPSA) is 83.1 Å². The van der Waals surface area contributed by atoms with E-state index in [1.54, 1.807) is 19.3 Å². The molecule has 0 amide bonds. The molecule has 2 N–H and O–H groups in total. The lowest BCUT2D eigenvalue weighted by atomic mass is 10.1. The molecule has 0 fully saturated rings. The third kappa shape index (κ3) is 4.01. The van der Waals surface area contributed by atoms with Crippen LogP contribution in [0.2, 0.25) is 0 Å². The van der Waals surface area contributed by atoms with Crippen LogP contribution in [0.25, 0.3) is 0 Å². The monoisotopic (exact) mass is 232 g/mol.